The van der Waals surface area contributed by atoms with Gasteiger partial charge in [0.05, 0.1) is 11.3 Å². The van der Waals surface area contributed by atoms with E-state index >= 15 is 0 Å². The zero-order valence-corrected chi connectivity index (χ0v) is 16.8. The van der Waals surface area contributed by atoms with Crippen LogP contribution in [0.1, 0.15) is 28.8 Å². The van der Waals surface area contributed by atoms with E-state index in [1.54, 1.807) is 24.3 Å². The predicted octanol–water partition coefficient (Wildman–Crippen LogP) is 4.56. The molecule has 0 atom stereocenters. The fourth-order valence-electron chi connectivity index (χ4n) is 3.74. The fourth-order valence-corrected chi connectivity index (χ4v) is 3.74. The third kappa shape index (κ3) is 5.30. The Labute approximate surface area is 178 Å². The second kappa shape index (κ2) is 9.31. The van der Waals surface area contributed by atoms with Crippen molar-refractivity contribution in [3.8, 4) is 11.3 Å². The van der Waals surface area contributed by atoms with Gasteiger partial charge in [0.2, 0.25) is 0 Å². The zero-order valence-electron chi connectivity index (χ0n) is 16.8. The molecule has 1 N–H and O–H groups in total. The molecule has 4 nitrogen and oxygen atoms in total. The van der Waals surface area contributed by atoms with Gasteiger partial charge in [-0.1, -0.05) is 18.2 Å². The predicted molar refractivity (Wildman–Crippen MR) is 112 cm³/mol. The van der Waals surface area contributed by atoms with E-state index in [0.717, 1.165) is 18.9 Å². The van der Waals surface area contributed by atoms with Crippen LogP contribution in [0.25, 0.3) is 11.3 Å². The van der Waals surface area contributed by atoms with E-state index in [2.05, 4.69) is 15.2 Å². The first-order valence-corrected chi connectivity index (χ1v) is 10.2. The molecule has 4 rings (SSSR count). The van der Waals surface area contributed by atoms with E-state index in [-0.39, 0.29) is 17.8 Å². The Morgan fingerprint density at radius 1 is 1.00 bits per heavy atom. The Balaban J connectivity index is 1.29. The minimum Gasteiger partial charge on any atom is -0.349 e. The molecule has 3 aromatic rings. The van der Waals surface area contributed by atoms with Gasteiger partial charge >= 0.3 is 0 Å². The lowest BCUT2D eigenvalue weighted by atomic mass is 10.0. The molecule has 31 heavy (non-hydrogen) atoms. The highest BCUT2D eigenvalue weighted by Gasteiger charge is 2.22. The van der Waals surface area contributed by atoms with Crippen LogP contribution in [0.2, 0.25) is 0 Å². The van der Waals surface area contributed by atoms with Crippen LogP contribution in [0.5, 0.6) is 0 Å². The van der Waals surface area contributed by atoms with Crippen molar-refractivity contribution in [2.24, 2.45) is 0 Å². The number of halogens is 3. The van der Waals surface area contributed by atoms with Crippen LogP contribution >= 0.6 is 0 Å². The molecular weight excluding hydrogens is 403 g/mol. The molecule has 1 saturated heterocycles. The van der Waals surface area contributed by atoms with Gasteiger partial charge in [0.25, 0.3) is 5.91 Å². The molecule has 0 radical (unpaired) electrons. The number of nitrogens with one attached hydrogen (secondary N) is 1. The number of likely N-dealkylation sites (tertiary alicyclic amines) is 1. The summed E-state index contributed by atoms with van der Waals surface area (Å²) >= 11 is 0. The average Bonchev–Trinajstić information content (AvgIpc) is 2.77. The zero-order chi connectivity index (χ0) is 21.8. The van der Waals surface area contributed by atoms with Crippen molar-refractivity contribution in [2.75, 3.05) is 13.1 Å². The molecule has 1 aliphatic rings. The van der Waals surface area contributed by atoms with Crippen molar-refractivity contribution in [1.29, 1.82) is 0 Å². The molecule has 7 heteroatoms. The Hall–Kier alpha value is -3.19. The van der Waals surface area contributed by atoms with Gasteiger partial charge in [-0.25, -0.2) is 13.2 Å². The molecule has 0 aliphatic carbocycles. The number of piperidine rings is 1. The maximum Gasteiger partial charge on any atom is 0.253 e. The third-order valence-electron chi connectivity index (χ3n) is 5.48. The Kier molecular flexibility index (Phi) is 6.32. The third-order valence-corrected chi connectivity index (χ3v) is 5.48. The van der Waals surface area contributed by atoms with Gasteiger partial charge in [-0.15, -0.1) is 0 Å². The van der Waals surface area contributed by atoms with Crippen molar-refractivity contribution in [3.05, 3.63) is 89.4 Å². The lowest BCUT2D eigenvalue weighted by Crippen LogP contribution is -2.44. The lowest BCUT2D eigenvalue weighted by Gasteiger charge is -2.32. The molecular formula is C24H22F3N3O. The first-order chi connectivity index (χ1) is 15.0. The molecule has 2 heterocycles. The maximum atomic E-state index is 13.9. The quantitative estimate of drug-likeness (QED) is 0.652. The summed E-state index contributed by atoms with van der Waals surface area (Å²) in [4.78, 5) is 18.9. The number of rotatable bonds is 5. The average molecular weight is 425 g/mol. The van der Waals surface area contributed by atoms with Crippen LogP contribution in [0.15, 0.2) is 60.8 Å². The summed E-state index contributed by atoms with van der Waals surface area (Å²) in [7, 11) is 0. The summed E-state index contributed by atoms with van der Waals surface area (Å²) < 4.78 is 40.3. The molecule has 0 bridgehead atoms. The van der Waals surface area contributed by atoms with E-state index in [1.165, 1.54) is 30.5 Å². The number of pyridine rings is 1. The summed E-state index contributed by atoms with van der Waals surface area (Å²) in [6, 6.07) is 13.2. The van der Waals surface area contributed by atoms with Crippen molar-refractivity contribution < 1.29 is 18.0 Å². The van der Waals surface area contributed by atoms with E-state index in [1.807, 2.05) is 0 Å². The Bertz CT molecular complexity index is 1060. The van der Waals surface area contributed by atoms with Crippen LogP contribution < -0.4 is 5.32 Å². The number of aromatic nitrogens is 1. The van der Waals surface area contributed by atoms with Crippen LogP contribution in [0.4, 0.5) is 13.2 Å². The first-order valence-electron chi connectivity index (χ1n) is 10.2. The topological polar surface area (TPSA) is 45.2 Å². The highest BCUT2D eigenvalue weighted by Crippen LogP contribution is 2.19. The molecule has 0 unspecified atom stereocenters. The van der Waals surface area contributed by atoms with Gasteiger partial charge in [0.15, 0.2) is 0 Å². The first kappa shape index (κ1) is 21.1. The lowest BCUT2D eigenvalue weighted by molar-refractivity contribution is 0.0908. The summed E-state index contributed by atoms with van der Waals surface area (Å²) in [6.07, 6.45) is 2.97. The minimum absolute atomic E-state index is 0.0183. The van der Waals surface area contributed by atoms with Crippen molar-refractivity contribution >= 4 is 5.91 Å². The van der Waals surface area contributed by atoms with Crippen LogP contribution in [0, 0.1) is 17.5 Å². The highest BCUT2D eigenvalue weighted by atomic mass is 19.1. The highest BCUT2D eigenvalue weighted by molar-refractivity contribution is 5.94. The number of carbonyl (C=O) groups excluding carboxylic acids is 1. The molecule has 0 spiro atoms. The standard InChI is InChI=1S/C24H22F3N3O/c25-19-3-1-2-16(12-19)23-7-5-17(14-28-23)24(31)29-21-8-10-30(11-9-21)15-18-4-6-20(26)13-22(18)27/h1-7,12-14,21H,8-11,15H2,(H,29,31). The SMILES string of the molecule is O=C(NC1CCN(Cc2ccc(F)cc2F)CC1)c1ccc(-c2cccc(F)c2)nc1. The molecule has 1 aromatic heterocycles. The van der Waals surface area contributed by atoms with Crippen molar-refractivity contribution in [3.63, 3.8) is 0 Å². The summed E-state index contributed by atoms with van der Waals surface area (Å²) in [5, 5.41) is 3.02. The monoisotopic (exact) mass is 425 g/mol. The van der Waals surface area contributed by atoms with Crippen LogP contribution in [0.3, 0.4) is 0 Å². The fraction of sp³-hybridized carbons (Fsp3) is 0.250. The number of hydrogen-bond donors (Lipinski definition) is 1. The summed E-state index contributed by atoms with van der Waals surface area (Å²) in [6.45, 7) is 1.83. The Morgan fingerprint density at radius 2 is 1.77 bits per heavy atom. The van der Waals surface area contributed by atoms with Gasteiger partial charge in [-0.3, -0.25) is 14.7 Å². The second-order valence-corrected chi connectivity index (χ2v) is 7.70. The molecule has 2 aromatic carbocycles. The number of amides is 1. The van der Waals surface area contributed by atoms with Gasteiger partial charge < -0.3 is 5.32 Å². The Morgan fingerprint density at radius 3 is 2.45 bits per heavy atom. The minimum atomic E-state index is -0.582. The summed E-state index contributed by atoms with van der Waals surface area (Å²) in [5.74, 6) is -1.67. The van der Waals surface area contributed by atoms with Gasteiger partial charge in [0, 0.05) is 49.1 Å². The van der Waals surface area contributed by atoms with E-state index in [9.17, 15) is 18.0 Å². The number of nitrogens with zero attached hydrogens (tertiary/aromatic N) is 2. The maximum absolute atomic E-state index is 13.9. The van der Waals surface area contributed by atoms with E-state index in [4.69, 9.17) is 0 Å². The number of benzene rings is 2. The van der Waals surface area contributed by atoms with Crippen LogP contribution in [-0.4, -0.2) is 34.9 Å². The van der Waals surface area contributed by atoms with Gasteiger partial charge in [0.1, 0.15) is 17.5 Å². The van der Waals surface area contributed by atoms with E-state index in [0.29, 0.717) is 42.0 Å². The van der Waals surface area contributed by atoms with Crippen molar-refractivity contribution in [1.82, 2.24) is 15.2 Å². The molecule has 1 aliphatic heterocycles. The smallest absolute Gasteiger partial charge is 0.253 e. The van der Waals surface area contributed by atoms with E-state index < -0.39 is 11.6 Å². The molecule has 160 valence electrons. The van der Waals surface area contributed by atoms with Gasteiger partial charge in [-0.05, 0) is 43.2 Å². The molecule has 1 fully saturated rings. The van der Waals surface area contributed by atoms with Gasteiger partial charge in [-0.2, -0.15) is 0 Å². The normalized spacial score (nSPS) is 15.1. The molecule has 1 amide bonds. The number of carbonyl (C=O) groups is 1. The number of hydrogen-bond acceptors (Lipinski definition) is 3. The molecule has 0 saturated carbocycles. The van der Waals surface area contributed by atoms with Crippen LogP contribution in [-0.2, 0) is 6.54 Å². The summed E-state index contributed by atoms with van der Waals surface area (Å²) in [5.41, 5.74) is 2.15. The second-order valence-electron chi connectivity index (χ2n) is 7.70. The largest absolute Gasteiger partial charge is 0.349 e. The van der Waals surface area contributed by atoms with Crippen molar-refractivity contribution in [2.45, 2.75) is 25.4 Å².